The second-order valence-electron chi connectivity index (χ2n) is 5.05. The van der Waals surface area contributed by atoms with Crippen LogP contribution in [-0.2, 0) is 10.0 Å². The van der Waals surface area contributed by atoms with E-state index in [-0.39, 0.29) is 0 Å². The van der Waals surface area contributed by atoms with E-state index in [0.717, 1.165) is 32.4 Å². The average molecular weight is 248 g/mol. The molecule has 0 aromatic carbocycles. The molecule has 0 amide bonds. The maximum atomic E-state index is 11.7. The summed E-state index contributed by atoms with van der Waals surface area (Å²) in [7, 11) is -3.05. The lowest BCUT2D eigenvalue weighted by Gasteiger charge is -2.22. The van der Waals surface area contributed by atoms with Crippen molar-refractivity contribution < 1.29 is 8.42 Å². The first-order chi connectivity index (χ1) is 7.49. The van der Waals surface area contributed by atoms with E-state index in [0.29, 0.717) is 24.1 Å². The van der Waals surface area contributed by atoms with Gasteiger partial charge in [0.1, 0.15) is 0 Å². The third kappa shape index (κ3) is 5.82. The molecule has 1 heterocycles. The smallest absolute Gasteiger partial charge is 0.211 e. The molecule has 0 radical (unpaired) electrons. The number of nitrogens with one attached hydrogen (secondary N) is 2. The fourth-order valence-corrected chi connectivity index (χ4v) is 3.42. The molecule has 0 saturated carbocycles. The molecular weight excluding hydrogens is 224 g/mol. The minimum atomic E-state index is -3.05. The summed E-state index contributed by atoms with van der Waals surface area (Å²) in [6, 6.07) is 0. The van der Waals surface area contributed by atoms with Gasteiger partial charge < -0.3 is 5.32 Å². The zero-order chi connectivity index (χ0) is 12.0. The molecule has 2 N–H and O–H groups in total. The van der Waals surface area contributed by atoms with Crippen molar-refractivity contribution in [1.82, 2.24) is 10.0 Å². The van der Waals surface area contributed by atoms with Crippen molar-refractivity contribution in [2.24, 2.45) is 11.8 Å². The van der Waals surface area contributed by atoms with Gasteiger partial charge in [-0.2, -0.15) is 0 Å². The van der Waals surface area contributed by atoms with Gasteiger partial charge in [-0.3, -0.25) is 0 Å². The molecule has 16 heavy (non-hydrogen) atoms. The third-order valence-corrected chi connectivity index (χ3v) is 4.51. The van der Waals surface area contributed by atoms with Gasteiger partial charge in [-0.1, -0.05) is 13.8 Å². The summed E-state index contributed by atoms with van der Waals surface area (Å²) in [5.41, 5.74) is 0. The van der Waals surface area contributed by atoms with E-state index in [1.54, 1.807) is 0 Å². The molecular formula is C11H24N2O2S. The van der Waals surface area contributed by atoms with Crippen LogP contribution in [0.3, 0.4) is 0 Å². The second-order valence-corrected chi connectivity index (χ2v) is 6.90. The lowest BCUT2D eigenvalue weighted by molar-refractivity contribution is 0.400. The molecule has 1 fully saturated rings. The van der Waals surface area contributed by atoms with E-state index < -0.39 is 10.0 Å². The predicted molar refractivity (Wildman–Crippen MR) is 66.8 cm³/mol. The zero-order valence-corrected chi connectivity index (χ0v) is 11.1. The molecule has 0 aliphatic carbocycles. The van der Waals surface area contributed by atoms with Gasteiger partial charge >= 0.3 is 0 Å². The Balaban J connectivity index is 2.27. The van der Waals surface area contributed by atoms with Crippen LogP contribution in [0.2, 0.25) is 0 Å². The van der Waals surface area contributed by atoms with Gasteiger partial charge in [0.15, 0.2) is 0 Å². The normalized spacial score (nSPS) is 19.2. The highest BCUT2D eigenvalue weighted by Gasteiger charge is 2.20. The van der Waals surface area contributed by atoms with Gasteiger partial charge in [0.2, 0.25) is 10.0 Å². The number of hydrogen-bond acceptors (Lipinski definition) is 3. The Kier molecular flexibility index (Phi) is 5.72. The third-order valence-electron chi connectivity index (χ3n) is 2.96. The highest BCUT2D eigenvalue weighted by atomic mass is 32.2. The summed E-state index contributed by atoms with van der Waals surface area (Å²) in [6.07, 6.45) is 2.86. The summed E-state index contributed by atoms with van der Waals surface area (Å²) < 4.78 is 26.2. The fourth-order valence-electron chi connectivity index (χ4n) is 1.92. The first-order valence-corrected chi connectivity index (χ1v) is 7.83. The van der Waals surface area contributed by atoms with Gasteiger partial charge in [0, 0.05) is 6.54 Å². The minimum absolute atomic E-state index is 0.298. The van der Waals surface area contributed by atoms with Crippen molar-refractivity contribution in [2.45, 2.75) is 33.1 Å². The Labute approximate surface area is 99.2 Å². The van der Waals surface area contributed by atoms with E-state index >= 15 is 0 Å². The Morgan fingerprint density at radius 1 is 1.31 bits per heavy atom. The van der Waals surface area contributed by atoms with E-state index in [4.69, 9.17) is 0 Å². The van der Waals surface area contributed by atoms with Crippen molar-refractivity contribution in [1.29, 1.82) is 0 Å². The molecule has 1 saturated heterocycles. The Hall–Kier alpha value is -0.130. The summed E-state index contributed by atoms with van der Waals surface area (Å²) in [6.45, 7) is 6.67. The standard InChI is InChI=1S/C11H24N2O2S/c1-10(2)3-8-13-16(14,15)9-11-4-6-12-7-5-11/h10-13H,3-9H2,1-2H3. The van der Waals surface area contributed by atoms with Crippen LogP contribution >= 0.6 is 0 Å². The molecule has 1 aliphatic heterocycles. The maximum absolute atomic E-state index is 11.7. The van der Waals surface area contributed by atoms with Crippen LogP contribution in [0, 0.1) is 11.8 Å². The van der Waals surface area contributed by atoms with Gasteiger partial charge in [-0.25, -0.2) is 13.1 Å². The molecule has 1 rings (SSSR count). The van der Waals surface area contributed by atoms with Crippen molar-refractivity contribution in [3.05, 3.63) is 0 Å². The van der Waals surface area contributed by atoms with Gasteiger partial charge in [0.25, 0.3) is 0 Å². The largest absolute Gasteiger partial charge is 0.317 e. The molecule has 1 aliphatic rings. The van der Waals surface area contributed by atoms with Crippen molar-refractivity contribution in [3.8, 4) is 0 Å². The molecule has 0 unspecified atom stereocenters. The molecule has 0 aromatic rings. The van der Waals surface area contributed by atoms with Crippen molar-refractivity contribution in [2.75, 3.05) is 25.4 Å². The number of hydrogen-bond donors (Lipinski definition) is 2. The van der Waals surface area contributed by atoms with Crippen LogP contribution in [-0.4, -0.2) is 33.8 Å². The monoisotopic (exact) mass is 248 g/mol. The summed E-state index contributed by atoms with van der Waals surface area (Å²) >= 11 is 0. The lowest BCUT2D eigenvalue weighted by Crippen LogP contribution is -2.36. The van der Waals surface area contributed by atoms with Crippen LogP contribution in [0.25, 0.3) is 0 Å². The first kappa shape index (κ1) is 13.9. The van der Waals surface area contributed by atoms with Crippen LogP contribution in [0.1, 0.15) is 33.1 Å². The van der Waals surface area contributed by atoms with E-state index in [1.165, 1.54) is 0 Å². The molecule has 0 spiro atoms. The van der Waals surface area contributed by atoms with Crippen LogP contribution in [0.5, 0.6) is 0 Å². The molecule has 0 bridgehead atoms. The number of piperidine rings is 1. The highest BCUT2D eigenvalue weighted by Crippen LogP contribution is 2.13. The molecule has 0 aromatic heterocycles. The van der Waals surface area contributed by atoms with Crippen LogP contribution in [0.15, 0.2) is 0 Å². The average Bonchev–Trinajstić information content (AvgIpc) is 2.17. The predicted octanol–water partition coefficient (Wildman–Crippen LogP) is 0.952. The number of sulfonamides is 1. The SMILES string of the molecule is CC(C)CCNS(=O)(=O)CC1CCNCC1. The quantitative estimate of drug-likeness (QED) is 0.736. The Morgan fingerprint density at radius 3 is 2.50 bits per heavy atom. The molecule has 96 valence electrons. The van der Waals surface area contributed by atoms with E-state index in [2.05, 4.69) is 23.9 Å². The van der Waals surface area contributed by atoms with Crippen LogP contribution < -0.4 is 10.0 Å². The Bertz CT molecular complexity index is 282. The summed E-state index contributed by atoms with van der Waals surface area (Å²) in [5.74, 6) is 1.17. The highest BCUT2D eigenvalue weighted by molar-refractivity contribution is 7.89. The van der Waals surface area contributed by atoms with Crippen molar-refractivity contribution >= 4 is 10.0 Å². The molecule has 4 nitrogen and oxygen atoms in total. The van der Waals surface area contributed by atoms with E-state index in [1.807, 2.05) is 0 Å². The van der Waals surface area contributed by atoms with Gasteiger partial charge in [-0.15, -0.1) is 0 Å². The van der Waals surface area contributed by atoms with Gasteiger partial charge in [0.05, 0.1) is 5.75 Å². The zero-order valence-electron chi connectivity index (χ0n) is 10.3. The molecule has 5 heteroatoms. The van der Waals surface area contributed by atoms with E-state index in [9.17, 15) is 8.42 Å². The summed E-state index contributed by atoms with van der Waals surface area (Å²) in [5, 5.41) is 3.24. The molecule has 0 atom stereocenters. The second kappa shape index (κ2) is 6.57. The minimum Gasteiger partial charge on any atom is -0.317 e. The lowest BCUT2D eigenvalue weighted by atomic mass is 10.0. The van der Waals surface area contributed by atoms with Crippen molar-refractivity contribution in [3.63, 3.8) is 0 Å². The maximum Gasteiger partial charge on any atom is 0.211 e. The fraction of sp³-hybridized carbons (Fsp3) is 1.00. The van der Waals surface area contributed by atoms with Crippen LogP contribution in [0.4, 0.5) is 0 Å². The topological polar surface area (TPSA) is 58.2 Å². The number of rotatable bonds is 6. The first-order valence-electron chi connectivity index (χ1n) is 6.17. The van der Waals surface area contributed by atoms with Gasteiger partial charge in [-0.05, 0) is 44.2 Å². The summed E-state index contributed by atoms with van der Waals surface area (Å²) in [4.78, 5) is 0. The Morgan fingerprint density at radius 2 is 1.94 bits per heavy atom.